The van der Waals surface area contributed by atoms with Gasteiger partial charge in [0.25, 0.3) is 0 Å². The lowest BCUT2D eigenvalue weighted by molar-refractivity contribution is -0.119. The largest absolute Gasteiger partial charge is 0.357 e. The van der Waals surface area contributed by atoms with Gasteiger partial charge in [-0.25, -0.2) is 9.67 Å². The molecule has 2 heterocycles. The second-order valence-corrected chi connectivity index (χ2v) is 12.4. The number of nitrogens with zero attached hydrogens (tertiary/aromatic N) is 4. The molecule has 10 heteroatoms. The Bertz CT molecular complexity index is 1680. The number of hydrogen-bond donors (Lipinski definition) is 2. The van der Waals surface area contributed by atoms with Gasteiger partial charge in [-0.15, -0.1) is 0 Å². The number of halogens is 2. The lowest BCUT2D eigenvalue weighted by atomic mass is 9.73. The van der Waals surface area contributed by atoms with Crippen molar-refractivity contribution in [3.05, 3.63) is 112 Å². The molecule has 2 aliphatic rings. The van der Waals surface area contributed by atoms with Crippen molar-refractivity contribution in [1.82, 2.24) is 14.8 Å². The van der Waals surface area contributed by atoms with Crippen molar-refractivity contribution in [1.29, 1.82) is 0 Å². The minimum absolute atomic E-state index is 0.0174. The molecule has 1 amide bonds. The molecular formula is C32H30Cl2N6O2. The number of rotatable bonds is 6. The lowest BCUT2D eigenvalue weighted by Gasteiger charge is -2.38. The van der Waals surface area contributed by atoms with Crippen LogP contribution in [-0.2, 0) is 16.1 Å². The number of amides is 1. The van der Waals surface area contributed by atoms with E-state index in [4.69, 9.17) is 23.2 Å². The van der Waals surface area contributed by atoms with E-state index in [-0.39, 0.29) is 23.7 Å². The predicted octanol–water partition coefficient (Wildman–Crippen LogP) is 6.89. The van der Waals surface area contributed by atoms with Crippen LogP contribution in [0.4, 0.5) is 17.1 Å². The highest BCUT2D eigenvalue weighted by Crippen LogP contribution is 2.49. The fourth-order valence-corrected chi connectivity index (χ4v) is 6.34. The van der Waals surface area contributed by atoms with Gasteiger partial charge >= 0.3 is 0 Å². The maximum atomic E-state index is 13.9. The molecular weight excluding hydrogens is 571 g/mol. The molecule has 0 saturated carbocycles. The molecule has 2 N–H and O–H groups in total. The summed E-state index contributed by atoms with van der Waals surface area (Å²) >= 11 is 13.1. The van der Waals surface area contributed by atoms with E-state index in [2.05, 4.69) is 34.6 Å². The number of aromatic nitrogens is 3. The van der Waals surface area contributed by atoms with E-state index < -0.39 is 6.04 Å². The van der Waals surface area contributed by atoms with Crippen LogP contribution >= 0.6 is 23.2 Å². The highest BCUT2D eigenvalue weighted by Gasteiger charge is 2.42. The van der Waals surface area contributed by atoms with Gasteiger partial charge in [0, 0.05) is 33.4 Å². The Kier molecular flexibility index (Phi) is 7.51. The number of anilines is 3. The standard InChI is InChI=1S/C32H30Cl2N6O2/c1-32(2)14-26-30(28(41)15-32)31(23-12-9-21(33)13-24(23)34)40(27-6-4-3-5-25(27)38-26)17-29(42)37-22-10-7-20(8-11-22)16-39-19-35-18-36-39/h3-13,18-19,31,38H,14-17H2,1-2H3,(H,37,42). The van der Waals surface area contributed by atoms with E-state index in [1.807, 2.05) is 59.5 Å². The van der Waals surface area contributed by atoms with Gasteiger partial charge in [-0.3, -0.25) is 9.59 Å². The van der Waals surface area contributed by atoms with Gasteiger partial charge in [0.2, 0.25) is 5.91 Å². The molecule has 1 unspecified atom stereocenters. The summed E-state index contributed by atoms with van der Waals surface area (Å²) in [5, 5.41) is 11.7. The number of carbonyl (C=O) groups excluding carboxylic acids is 2. The van der Waals surface area contributed by atoms with Gasteiger partial charge in [-0.1, -0.05) is 67.4 Å². The Labute approximate surface area is 254 Å². The zero-order chi connectivity index (χ0) is 29.4. The third-order valence-electron chi connectivity index (χ3n) is 7.62. The Morgan fingerprint density at radius 1 is 1.07 bits per heavy atom. The first-order valence-electron chi connectivity index (χ1n) is 13.7. The molecule has 8 nitrogen and oxygen atoms in total. The Balaban J connectivity index is 1.37. The average molecular weight is 602 g/mol. The number of hydrogen-bond acceptors (Lipinski definition) is 6. The summed E-state index contributed by atoms with van der Waals surface area (Å²) in [5.41, 5.74) is 5.30. The minimum Gasteiger partial charge on any atom is -0.357 e. The monoisotopic (exact) mass is 600 g/mol. The molecule has 0 bridgehead atoms. The second-order valence-electron chi connectivity index (χ2n) is 11.5. The molecule has 0 spiro atoms. The maximum absolute atomic E-state index is 13.9. The molecule has 0 saturated heterocycles. The summed E-state index contributed by atoms with van der Waals surface area (Å²) in [5.74, 6) is -0.192. The number of allylic oxidation sites excluding steroid dienone is 1. The lowest BCUT2D eigenvalue weighted by Crippen LogP contribution is -2.40. The topological polar surface area (TPSA) is 92.2 Å². The minimum atomic E-state index is -0.597. The summed E-state index contributed by atoms with van der Waals surface area (Å²) in [4.78, 5) is 33.5. The van der Waals surface area contributed by atoms with Gasteiger partial charge in [0.05, 0.1) is 30.5 Å². The Morgan fingerprint density at radius 2 is 1.86 bits per heavy atom. The SMILES string of the molecule is CC1(C)CC(=O)C2=C(C1)Nc1ccccc1N(CC(=O)Nc1ccc(Cn3cncn3)cc1)C2c1ccc(Cl)cc1Cl. The molecule has 1 aliphatic carbocycles. The van der Waals surface area contributed by atoms with E-state index in [0.717, 1.165) is 22.6 Å². The maximum Gasteiger partial charge on any atom is 0.243 e. The van der Waals surface area contributed by atoms with Crippen molar-refractivity contribution in [3.8, 4) is 0 Å². The number of para-hydroxylation sites is 2. The molecule has 0 fully saturated rings. The molecule has 214 valence electrons. The highest BCUT2D eigenvalue weighted by atomic mass is 35.5. The quantitative estimate of drug-likeness (QED) is 0.250. The predicted molar refractivity (Wildman–Crippen MR) is 166 cm³/mol. The van der Waals surface area contributed by atoms with Gasteiger partial charge in [-0.2, -0.15) is 5.10 Å². The third-order valence-corrected chi connectivity index (χ3v) is 8.19. The first kappa shape index (κ1) is 28.0. The number of benzene rings is 3. The Hall–Kier alpha value is -4.14. The van der Waals surface area contributed by atoms with Crippen LogP contribution in [0.15, 0.2) is 90.7 Å². The molecule has 0 radical (unpaired) electrons. The van der Waals surface area contributed by atoms with E-state index in [1.165, 1.54) is 6.33 Å². The van der Waals surface area contributed by atoms with E-state index in [0.29, 0.717) is 46.3 Å². The Morgan fingerprint density at radius 3 is 2.60 bits per heavy atom. The molecule has 6 rings (SSSR count). The van der Waals surface area contributed by atoms with Crippen LogP contribution in [0.5, 0.6) is 0 Å². The zero-order valence-corrected chi connectivity index (χ0v) is 24.8. The van der Waals surface area contributed by atoms with Gasteiger partial charge < -0.3 is 15.5 Å². The number of ketones is 1. The zero-order valence-electron chi connectivity index (χ0n) is 23.3. The van der Waals surface area contributed by atoms with Crippen LogP contribution in [0, 0.1) is 5.41 Å². The van der Waals surface area contributed by atoms with Crippen LogP contribution in [0.25, 0.3) is 0 Å². The van der Waals surface area contributed by atoms with Gasteiger partial charge in [0.1, 0.15) is 12.7 Å². The second kappa shape index (κ2) is 11.3. The third kappa shape index (κ3) is 5.78. The van der Waals surface area contributed by atoms with Crippen LogP contribution in [-0.4, -0.2) is 33.0 Å². The van der Waals surface area contributed by atoms with Crippen molar-refractivity contribution in [2.24, 2.45) is 5.41 Å². The smallest absolute Gasteiger partial charge is 0.243 e. The number of nitrogens with one attached hydrogen (secondary N) is 2. The van der Waals surface area contributed by atoms with Crippen LogP contribution < -0.4 is 15.5 Å². The van der Waals surface area contributed by atoms with Gasteiger partial charge in [-0.05, 0) is 59.4 Å². The fraction of sp³-hybridized carbons (Fsp3) is 0.250. The number of fused-ring (bicyclic) bond motifs is 1. The van der Waals surface area contributed by atoms with Crippen molar-refractivity contribution in [3.63, 3.8) is 0 Å². The van der Waals surface area contributed by atoms with Crippen LogP contribution in [0.3, 0.4) is 0 Å². The average Bonchev–Trinajstić information content (AvgIpc) is 3.40. The van der Waals surface area contributed by atoms with E-state index in [9.17, 15) is 9.59 Å². The first-order chi connectivity index (χ1) is 20.2. The van der Waals surface area contributed by atoms with Crippen LogP contribution in [0.2, 0.25) is 10.0 Å². The molecule has 1 atom stereocenters. The highest BCUT2D eigenvalue weighted by molar-refractivity contribution is 6.35. The summed E-state index contributed by atoms with van der Waals surface area (Å²) in [7, 11) is 0. The fourth-order valence-electron chi connectivity index (χ4n) is 5.82. The summed E-state index contributed by atoms with van der Waals surface area (Å²) in [6.07, 6.45) is 4.24. The first-order valence-corrected chi connectivity index (χ1v) is 14.5. The number of Topliss-reactive ketones (excluding diaryl/α,β-unsaturated/α-hetero) is 1. The van der Waals surface area contributed by atoms with Crippen molar-refractivity contribution < 1.29 is 9.59 Å². The summed E-state index contributed by atoms with van der Waals surface area (Å²) in [6, 6.07) is 20.1. The molecule has 4 aromatic rings. The van der Waals surface area contributed by atoms with Crippen molar-refractivity contribution in [2.75, 3.05) is 22.1 Å². The van der Waals surface area contributed by atoms with Crippen LogP contribution in [0.1, 0.15) is 43.9 Å². The molecule has 1 aliphatic heterocycles. The molecule has 3 aromatic carbocycles. The summed E-state index contributed by atoms with van der Waals surface area (Å²) in [6.45, 7) is 4.76. The normalized spacial score (nSPS) is 17.7. The van der Waals surface area contributed by atoms with Gasteiger partial charge in [0.15, 0.2) is 5.78 Å². The van der Waals surface area contributed by atoms with Crippen molar-refractivity contribution in [2.45, 2.75) is 39.3 Å². The molecule has 42 heavy (non-hydrogen) atoms. The van der Waals surface area contributed by atoms with E-state index >= 15 is 0 Å². The summed E-state index contributed by atoms with van der Waals surface area (Å²) < 4.78 is 1.73. The number of carbonyl (C=O) groups is 2. The van der Waals surface area contributed by atoms with E-state index in [1.54, 1.807) is 23.1 Å². The molecule has 1 aromatic heterocycles. The van der Waals surface area contributed by atoms with Crippen molar-refractivity contribution >= 4 is 52.0 Å².